The van der Waals surface area contributed by atoms with Crippen molar-refractivity contribution in [2.75, 3.05) is 13.2 Å². The van der Waals surface area contributed by atoms with Gasteiger partial charge < -0.3 is 14.5 Å². The Balaban J connectivity index is 2.39. The lowest BCUT2D eigenvalue weighted by atomic mass is 10.2. The molecule has 1 rings (SSSR count). The summed E-state index contributed by atoms with van der Waals surface area (Å²) < 4.78 is 34.9. The highest BCUT2D eigenvalue weighted by Gasteiger charge is 2.48. The monoisotopic (exact) mass is 428 g/mol. The molecule has 1 heterocycles. The molecule has 1 saturated heterocycles. The zero-order valence-electron chi connectivity index (χ0n) is 11.9. The van der Waals surface area contributed by atoms with Crippen LogP contribution in [0.3, 0.4) is 0 Å². The largest absolute Gasteiger partial charge is 0.489 e. The molecule has 0 spiro atoms. The number of ether oxygens (including phenoxy) is 1. The van der Waals surface area contributed by atoms with Gasteiger partial charge in [0.05, 0.1) is 13.0 Å². The van der Waals surface area contributed by atoms with Crippen LogP contribution in [0, 0.1) is 0 Å². The molecule has 2 N–H and O–H groups in total. The van der Waals surface area contributed by atoms with Crippen LogP contribution in [0.1, 0.15) is 26.2 Å². The maximum atomic E-state index is 12.0. The van der Waals surface area contributed by atoms with E-state index in [0.717, 1.165) is 0 Å². The first-order valence-electron chi connectivity index (χ1n) is 6.18. The molecule has 0 radical (unpaired) electrons. The Labute approximate surface area is 142 Å². The first-order chi connectivity index (χ1) is 10.5. The zero-order chi connectivity index (χ0) is 17.7. The van der Waals surface area contributed by atoms with Crippen LogP contribution in [-0.2, 0) is 60.0 Å². The topological polar surface area (TPSA) is 138 Å². The Hall–Kier alpha value is 0.430. The Morgan fingerprint density at radius 3 is 2.13 bits per heavy atom. The number of phosphoric acid groups is 1. The molecule has 23 heavy (non-hydrogen) atoms. The van der Waals surface area contributed by atoms with Crippen molar-refractivity contribution >= 4 is 56.6 Å². The number of hydrogen-bond acceptors (Lipinski definition) is 10. The standard InChI is InChI=1S/C8H15O10P3S2/c1-2-7(9)3-4-8(10)14-5-6-15-19(11)16-20(12,22)18-21(13,23)17-19/h2-6H2,1H3,(H,12,22)(H,13,23). The summed E-state index contributed by atoms with van der Waals surface area (Å²) in [7, 11) is -4.43. The van der Waals surface area contributed by atoms with Crippen molar-refractivity contribution in [1.82, 2.24) is 0 Å². The molecule has 0 aliphatic carbocycles. The van der Waals surface area contributed by atoms with Gasteiger partial charge in [-0.25, -0.2) is 17.5 Å². The molecule has 1 aliphatic rings. The van der Waals surface area contributed by atoms with Gasteiger partial charge in [0.15, 0.2) is 0 Å². The summed E-state index contributed by atoms with van der Waals surface area (Å²) in [6.45, 7) is -7.18. The van der Waals surface area contributed by atoms with Crippen molar-refractivity contribution in [2.45, 2.75) is 26.2 Å². The molecule has 1 fully saturated rings. The lowest BCUT2D eigenvalue weighted by Gasteiger charge is -2.31. The van der Waals surface area contributed by atoms with E-state index in [2.05, 4.69) is 36.5 Å². The summed E-state index contributed by atoms with van der Waals surface area (Å²) in [6, 6.07) is 0. The summed E-state index contributed by atoms with van der Waals surface area (Å²) >= 11 is 8.91. The van der Waals surface area contributed by atoms with E-state index in [-0.39, 0.29) is 25.2 Å². The van der Waals surface area contributed by atoms with Crippen molar-refractivity contribution in [3.63, 3.8) is 0 Å². The van der Waals surface area contributed by atoms with E-state index in [1.54, 1.807) is 6.92 Å². The Morgan fingerprint density at radius 2 is 1.61 bits per heavy atom. The van der Waals surface area contributed by atoms with Crippen molar-refractivity contribution < 1.29 is 46.1 Å². The Kier molecular flexibility index (Phi) is 8.11. The van der Waals surface area contributed by atoms with Gasteiger partial charge in [-0.3, -0.25) is 14.1 Å². The van der Waals surface area contributed by atoms with Gasteiger partial charge >= 0.3 is 27.2 Å². The van der Waals surface area contributed by atoms with Crippen LogP contribution in [0.2, 0.25) is 0 Å². The van der Waals surface area contributed by atoms with E-state index in [9.17, 15) is 23.9 Å². The summed E-state index contributed by atoms with van der Waals surface area (Å²) in [4.78, 5) is 41.3. The van der Waals surface area contributed by atoms with Gasteiger partial charge in [0.25, 0.3) is 0 Å². The Bertz CT molecular complexity index is 579. The normalized spacial score (nSPS) is 34.0. The lowest BCUT2D eigenvalue weighted by Crippen LogP contribution is -2.13. The number of hydrogen-bond donors (Lipinski definition) is 2. The van der Waals surface area contributed by atoms with Gasteiger partial charge in [0.2, 0.25) is 0 Å². The number of carbonyl (C=O) groups excluding carboxylic acids is 2. The molecule has 2 atom stereocenters. The molecule has 0 aromatic heterocycles. The maximum absolute atomic E-state index is 12.0. The van der Waals surface area contributed by atoms with Crippen LogP contribution in [0.4, 0.5) is 0 Å². The predicted octanol–water partition coefficient (Wildman–Crippen LogP) is 1.91. The number of Topliss-reactive ketones (excluding diaryl/α,β-unsaturated/α-hetero) is 1. The highest BCUT2D eigenvalue weighted by molar-refractivity contribution is 8.17. The molecule has 2 unspecified atom stereocenters. The first-order valence-corrected chi connectivity index (χ1v) is 12.8. The second-order valence-corrected chi connectivity index (χ2v) is 11.8. The molecule has 134 valence electrons. The van der Waals surface area contributed by atoms with Gasteiger partial charge in [-0.05, 0) is 23.6 Å². The molecule has 10 nitrogen and oxygen atoms in total. The molecule has 1 aliphatic heterocycles. The smallest absolute Gasteiger partial charge is 0.463 e. The third kappa shape index (κ3) is 8.38. The van der Waals surface area contributed by atoms with Crippen LogP contribution < -0.4 is 0 Å². The third-order valence-corrected chi connectivity index (χ3v) is 10.0. The quantitative estimate of drug-likeness (QED) is 0.332. The van der Waals surface area contributed by atoms with Crippen LogP contribution in [0.25, 0.3) is 0 Å². The van der Waals surface area contributed by atoms with Gasteiger partial charge in [-0.15, -0.1) is 0 Å². The molecule has 0 amide bonds. The SMILES string of the molecule is CCC(=O)CCC(=O)OCCOP1(=O)OP(O)(=S)OP(O)(=S)O1. The van der Waals surface area contributed by atoms with E-state index in [1.807, 2.05) is 0 Å². The molecular formula is C8H15O10P3S2. The number of rotatable bonds is 8. The van der Waals surface area contributed by atoms with E-state index in [0.29, 0.717) is 6.42 Å². The van der Waals surface area contributed by atoms with E-state index in [1.165, 1.54) is 0 Å². The van der Waals surface area contributed by atoms with Crippen LogP contribution in [0.15, 0.2) is 0 Å². The minimum absolute atomic E-state index is 0.0686. The number of esters is 1. The summed E-state index contributed by atoms with van der Waals surface area (Å²) in [6.07, 6.45) is 0.315. The van der Waals surface area contributed by atoms with Crippen molar-refractivity contribution in [3.05, 3.63) is 0 Å². The average molecular weight is 428 g/mol. The highest BCUT2D eigenvalue weighted by Crippen LogP contribution is 2.80. The zero-order valence-corrected chi connectivity index (χ0v) is 16.2. The minimum Gasteiger partial charge on any atom is -0.463 e. The second kappa shape index (κ2) is 8.69. The molecule has 0 aromatic rings. The summed E-state index contributed by atoms with van der Waals surface area (Å²) in [5.41, 5.74) is 0. The fraction of sp³-hybridized carbons (Fsp3) is 0.750. The third-order valence-electron chi connectivity index (χ3n) is 2.21. The van der Waals surface area contributed by atoms with Gasteiger partial charge in [0.1, 0.15) is 12.4 Å². The highest BCUT2D eigenvalue weighted by atomic mass is 32.5. The Morgan fingerprint density at radius 1 is 1.04 bits per heavy atom. The van der Waals surface area contributed by atoms with Gasteiger partial charge in [-0.1, -0.05) is 6.92 Å². The van der Waals surface area contributed by atoms with Crippen LogP contribution in [-0.4, -0.2) is 34.8 Å². The lowest BCUT2D eigenvalue weighted by molar-refractivity contribution is -0.145. The fourth-order valence-electron chi connectivity index (χ4n) is 1.27. The van der Waals surface area contributed by atoms with Crippen LogP contribution in [0.5, 0.6) is 0 Å². The van der Waals surface area contributed by atoms with E-state index in [4.69, 9.17) is 9.26 Å². The van der Waals surface area contributed by atoms with Gasteiger partial charge in [0, 0.05) is 12.8 Å². The van der Waals surface area contributed by atoms with Crippen molar-refractivity contribution in [3.8, 4) is 0 Å². The molecular weight excluding hydrogens is 413 g/mol. The molecule has 0 aromatic carbocycles. The maximum Gasteiger partial charge on any atom is 0.489 e. The van der Waals surface area contributed by atoms with E-state index < -0.39 is 33.8 Å². The van der Waals surface area contributed by atoms with Crippen molar-refractivity contribution in [1.29, 1.82) is 0 Å². The molecule has 0 saturated carbocycles. The van der Waals surface area contributed by atoms with Crippen molar-refractivity contribution in [2.24, 2.45) is 0 Å². The minimum atomic E-state index is -4.43. The number of ketones is 1. The van der Waals surface area contributed by atoms with Gasteiger partial charge in [-0.2, -0.15) is 0 Å². The summed E-state index contributed by atoms with van der Waals surface area (Å²) in [5.74, 6) is -0.712. The van der Waals surface area contributed by atoms with E-state index >= 15 is 0 Å². The molecule has 15 heteroatoms. The predicted molar refractivity (Wildman–Crippen MR) is 85.3 cm³/mol. The van der Waals surface area contributed by atoms with Crippen LogP contribution >= 0.6 is 21.3 Å². The first kappa shape index (κ1) is 21.5. The second-order valence-electron chi connectivity index (χ2n) is 4.08. The molecule has 0 bridgehead atoms. The number of carbonyl (C=O) groups is 2. The average Bonchev–Trinajstić information content (AvgIpc) is 2.36. The summed E-state index contributed by atoms with van der Waals surface area (Å²) in [5, 5.41) is 0. The fourth-order valence-corrected chi connectivity index (χ4v) is 9.65.